The number of aryl methyl sites for hydroxylation is 1. The van der Waals surface area contributed by atoms with Gasteiger partial charge in [0.25, 0.3) is 0 Å². The molecular weight excluding hydrogens is 422 g/mol. The fourth-order valence-electron chi connectivity index (χ4n) is 3.51. The summed E-state index contributed by atoms with van der Waals surface area (Å²) in [4.78, 5) is 36.2. The highest BCUT2D eigenvalue weighted by Crippen LogP contribution is 2.22. The molecule has 0 aliphatic rings. The summed E-state index contributed by atoms with van der Waals surface area (Å²) in [6, 6.07) is 10.6. The van der Waals surface area contributed by atoms with Crippen LogP contribution in [0.1, 0.15) is 51.0 Å². The van der Waals surface area contributed by atoms with Crippen LogP contribution in [0.25, 0.3) is 11.3 Å². The van der Waals surface area contributed by atoms with Gasteiger partial charge >= 0.3 is 18.0 Å². The van der Waals surface area contributed by atoms with E-state index in [-0.39, 0.29) is 19.0 Å². The summed E-state index contributed by atoms with van der Waals surface area (Å²) < 4.78 is 1.61. The summed E-state index contributed by atoms with van der Waals surface area (Å²) in [6.07, 6.45) is 7.71. The molecule has 3 N–H and O–H groups in total. The molecule has 0 radical (unpaired) electrons. The van der Waals surface area contributed by atoms with Gasteiger partial charge in [0.05, 0.1) is 5.69 Å². The van der Waals surface area contributed by atoms with Crippen LogP contribution >= 0.6 is 0 Å². The highest BCUT2D eigenvalue weighted by atomic mass is 16.4. The minimum absolute atomic E-state index is 0.0480. The minimum atomic E-state index is -0.971. The van der Waals surface area contributed by atoms with E-state index in [0.717, 1.165) is 24.0 Å². The molecule has 8 heteroatoms. The quantitative estimate of drug-likeness (QED) is 0.313. The normalized spacial score (nSPS) is 10.6. The predicted octanol–water partition coefficient (Wildman–Crippen LogP) is 3.86. The Labute approximate surface area is 194 Å². The van der Waals surface area contributed by atoms with Crippen molar-refractivity contribution < 1.29 is 29.2 Å². The fourth-order valence-corrected chi connectivity index (χ4v) is 3.51. The van der Waals surface area contributed by atoms with Gasteiger partial charge < -0.3 is 15.5 Å². The SMILES string of the molecule is CCCCCCCNC(=O)N(C)c1cc[n+](CC(=O)O)c(-c2ccc(CCC(=O)O)cc2)c1. The van der Waals surface area contributed by atoms with E-state index in [1.165, 1.54) is 24.2 Å². The number of benzene rings is 1. The molecule has 8 nitrogen and oxygen atoms in total. The standard InChI is InChI=1S/C25H33N3O5/c1-3-4-5-6-7-15-26-25(33)27(2)21-14-16-28(18-24(31)32)22(17-21)20-11-8-19(9-12-20)10-13-23(29)30/h8-9,11-12,14,16-17H,3-7,10,13,15,18H2,1-2H3,(H2-,26,29,30,31,32,33)/p+1. The number of carboxylic acid groups (broad SMARTS) is 2. The van der Waals surface area contributed by atoms with E-state index in [1.54, 1.807) is 29.9 Å². The summed E-state index contributed by atoms with van der Waals surface area (Å²) >= 11 is 0. The average molecular weight is 457 g/mol. The number of carbonyl (C=O) groups is 3. The highest BCUT2D eigenvalue weighted by molar-refractivity contribution is 5.91. The third-order valence-corrected chi connectivity index (χ3v) is 5.45. The molecule has 1 heterocycles. The van der Waals surface area contributed by atoms with Crippen LogP contribution in [0.3, 0.4) is 0 Å². The fraction of sp³-hybridized carbons (Fsp3) is 0.440. The van der Waals surface area contributed by atoms with Crippen LogP contribution in [-0.2, 0) is 22.6 Å². The maximum Gasteiger partial charge on any atom is 0.370 e. The first-order valence-corrected chi connectivity index (χ1v) is 11.4. The molecular formula is C25H34N3O5+. The zero-order chi connectivity index (χ0) is 24.2. The van der Waals surface area contributed by atoms with Crippen LogP contribution < -0.4 is 14.8 Å². The molecule has 2 aromatic rings. The van der Waals surface area contributed by atoms with E-state index >= 15 is 0 Å². The summed E-state index contributed by atoms with van der Waals surface area (Å²) in [5.41, 5.74) is 2.96. The second kappa shape index (κ2) is 13.2. The number of carboxylic acids is 2. The van der Waals surface area contributed by atoms with Gasteiger partial charge in [0.2, 0.25) is 12.2 Å². The lowest BCUT2D eigenvalue weighted by Crippen LogP contribution is -2.41. The van der Waals surface area contributed by atoms with Crippen molar-refractivity contribution >= 4 is 23.7 Å². The van der Waals surface area contributed by atoms with Gasteiger partial charge in [0, 0.05) is 37.7 Å². The molecule has 1 aromatic heterocycles. The van der Waals surface area contributed by atoms with E-state index < -0.39 is 11.9 Å². The largest absolute Gasteiger partial charge is 0.481 e. The Bertz CT molecular complexity index is 944. The number of aromatic nitrogens is 1. The zero-order valence-electron chi connectivity index (χ0n) is 19.4. The molecule has 0 fully saturated rings. The molecule has 0 aliphatic carbocycles. The van der Waals surface area contributed by atoms with E-state index in [2.05, 4.69) is 12.2 Å². The molecule has 33 heavy (non-hydrogen) atoms. The molecule has 0 spiro atoms. The Morgan fingerprint density at radius 2 is 1.67 bits per heavy atom. The van der Waals surface area contributed by atoms with Crippen molar-refractivity contribution in [2.24, 2.45) is 0 Å². The maximum absolute atomic E-state index is 12.6. The smallest absolute Gasteiger partial charge is 0.370 e. The Morgan fingerprint density at radius 1 is 0.970 bits per heavy atom. The van der Waals surface area contributed by atoms with Gasteiger partial charge in [-0.2, -0.15) is 4.57 Å². The third-order valence-electron chi connectivity index (χ3n) is 5.45. The van der Waals surface area contributed by atoms with Crippen LogP contribution in [0.5, 0.6) is 0 Å². The monoisotopic (exact) mass is 456 g/mol. The Hall–Kier alpha value is -3.42. The van der Waals surface area contributed by atoms with Gasteiger partial charge in [0.1, 0.15) is 0 Å². The number of nitrogens with one attached hydrogen (secondary N) is 1. The lowest BCUT2D eigenvalue weighted by atomic mass is 10.0. The first kappa shape index (κ1) is 25.8. The summed E-state index contributed by atoms with van der Waals surface area (Å²) in [5, 5.41) is 21.1. The van der Waals surface area contributed by atoms with Crippen molar-refractivity contribution in [1.29, 1.82) is 0 Å². The number of hydrogen-bond donors (Lipinski definition) is 3. The van der Waals surface area contributed by atoms with Crippen molar-refractivity contribution in [1.82, 2.24) is 5.32 Å². The topological polar surface area (TPSA) is 111 Å². The van der Waals surface area contributed by atoms with Crippen molar-refractivity contribution in [3.63, 3.8) is 0 Å². The third kappa shape index (κ3) is 8.56. The predicted molar refractivity (Wildman–Crippen MR) is 126 cm³/mol. The number of amides is 2. The lowest BCUT2D eigenvalue weighted by Gasteiger charge is -2.18. The van der Waals surface area contributed by atoms with E-state index in [1.807, 2.05) is 24.3 Å². The summed E-state index contributed by atoms with van der Waals surface area (Å²) in [7, 11) is 1.68. The molecule has 0 saturated heterocycles. The molecule has 0 saturated carbocycles. The number of unbranched alkanes of at least 4 members (excludes halogenated alkanes) is 4. The first-order chi connectivity index (χ1) is 15.8. The second-order valence-corrected chi connectivity index (χ2v) is 8.09. The van der Waals surface area contributed by atoms with Crippen molar-refractivity contribution in [3.8, 4) is 11.3 Å². The summed E-state index contributed by atoms with van der Waals surface area (Å²) in [5.74, 6) is -1.82. The number of pyridine rings is 1. The van der Waals surface area contributed by atoms with Crippen LogP contribution in [0.2, 0.25) is 0 Å². The first-order valence-electron chi connectivity index (χ1n) is 11.4. The molecule has 0 bridgehead atoms. The van der Waals surface area contributed by atoms with Crippen molar-refractivity contribution in [2.75, 3.05) is 18.5 Å². The van der Waals surface area contributed by atoms with E-state index in [4.69, 9.17) is 5.11 Å². The van der Waals surface area contributed by atoms with Crippen molar-refractivity contribution in [2.45, 2.75) is 58.4 Å². The van der Waals surface area contributed by atoms with Gasteiger partial charge in [0.15, 0.2) is 6.20 Å². The number of rotatable bonds is 13. The molecule has 2 amide bonds. The number of anilines is 1. The average Bonchev–Trinajstić information content (AvgIpc) is 2.79. The zero-order valence-corrected chi connectivity index (χ0v) is 19.4. The number of hydrogen-bond acceptors (Lipinski definition) is 3. The van der Waals surface area contributed by atoms with Gasteiger partial charge in [-0.15, -0.1) is 0 Å². The number of aliphatic carboxylic acids is 2. The number of carbonyl (C=O) groups excluding carboxylic acids is 1. The van der Waals surface area contributed by atoms with Crippen LogP contribution in [0, 0.1) is 0 Å². The maximum atomic E-state index is 12.6. The number of nitrogens with zero attached hydrogens (tertiary/aromatic N) is 2. The highest BCUT2D eigenvalue weighted by Gasteiger charge is 2.20. The van der Waals surface area contributed by atoms with Crippen molar-refractivity contribution in [3.05, 3.63) is 48.2 Å². The summed E-state index contributed by atoms with van der Waals surface area (Å²) in [6.45, 7) is 2.56. The molecule has 0 atom stereocenters. The number of urea groups is 1. The van der Waals surface area contributed by atoms with E-state index in [9.17, 15) is 19.5 Å². The molecule has 178 valence electrons. The minimum Gasteiger partial charge on any atom is -0.481 e. The molecule has 2 rings (SSSR count). The van der Waals surface area contributed by atoms with Gasteiger partial charge in [-0.05, 0) is 30.5 Å². The Morgan fingerprint density at radius 3 is 2.30 bits per heavy atom. The van der Waals surface area contributed by atoms with Crippen LogP contribution in [-0.4, -0.2) is 41.8 Å². The van der Waals surface area contributed by atoms with Gasteiger partial charge in [-0.25, -0.2) is 9.59 Å². The van der Waals surface area contributed by atoms with Gasteiger partial charge in [-0.3, -0.25) is 9.69 Å². The van der Waals surface area contributed by atoms with E-state index in [0.29, 0.717) is 24.3 Å². The van der Waals surface area contributed by atoms with Gasteiger partial charge in [-0.1, -0.05) is 44.7 Å². The second-order valence-electron chi connectivity index (χ2n) is 8.09. The molecule has 0 aliphatic heterocycles. The Balaban J connectivity index is 2.16. The Kier molecular flexibility index (Phi) is 10.3. The molecule has 0 unspecified atom stereocenters. The van der Waals surface area contributed by atoms with Crippen LogP contribution in [0.4, 0.5) is 10.5 Å². The lowest BCUT2D eigenvalue weighted by molar-refractivity contribution is -0.674. The molecule has 1 aromatic carbocycles. The van der Waals surface area contributed by atoms with Crippen LogP contribution in [0.15, 0.2) is 42.6 Å².